The largest absolute Gasteiger partial charge is 0.368 e. The maximum absolute atomic E-state index is 13.0. The summed E-state index contributed by atoms with van der Waals surface area (Å²) < 4.78 is 27.8. The molecule has 4 rings (SSSR count). The normalized spacial score (nSPS) is 14.0. The first-order chi connectivity index (χ1) is 16.6. The van der Waals surface area contributed by atoms with Crippen molar-refractivity contribution in [3.05, 3.63) is 93.5 Å². The monoisotopic (exact) mass is 494 g/mol. The first kappa shape index (κ1) is 24.2. The van der Waals surface area contributed by atoms with Crippen LogP contribution in [0.25, 0.3) is 0 Å². The average molecular weight is 495 g/mol. The number of nitro benzene ring substituents is 1. The van der Waals surface area contributed by atoms with Crippen LogP contribution in [0.15, 0.2) is 71.6 Å². The van der Waals surface area contributed by atoms with Gasteiger partial charge in [-0.25, -0.2) is 8.42 Å². The van der Waals surface area contributed by atoms with Gasteiger partial charge in [0.25, 0.3) is 21.6 Å². The Bertz CT molecular complexity index is 1360. The number of rotatable bonds is 6. The third-order valence-corrected chi connectivity index (χ3v) is 7.38. The average Bonchev–Trinajstić information content (AvgIpc) is 2.84. The summed E-state index contributed by atoms with van der Waals surface area (Å²) in [6.45, 7) is 6.24. The second-order valence-electron chi connectivity index (χ2n) is 8.51. The van der Waals surface area contributed by atoms with Gasteiger partial charge in [-0.05, 0) is 61.9 Å². The maximum atomic E-state index is 13.0. The second kappa shape index (κ2) is 9.75. The van der Waals surface area contributed by atoms with Crippen LogP contribution in [-0.4, -0.2) is 50.3 Å². The van der Waals surface area contributed by atoms with Gasteiger partial charge in [0.05, 0.1) is 9.82 Å². The van der Waals surface area contributed by atoms with Gasteiger partial charge in [0.1, 0.15) is 0 Å². The van der Waals surface area contributed by atoms with Crippen LogP contribution in [0.2, 0.25) is 0 Å². The van der Waals surface area contributed by atoms with Crippen LogP contribution in [0.1, 0.15) is 21.5 Å². The van der Waals surface area contributed by atoms with E-state index in [1.807, 2.05) is 6.07 Å². The Labute approximate surface area is 204 Å². The molecule has 0 radical (unpaired) electrons. The second-order valence-corrected chi connectivity index (χ2v) is 10.2. The molecule has 0 atom stereocenters. The molecule has 10 heteroatoms. The Morgan fingerprint density at radius 3 is 2.26 bits per heavy atom. The fraction of sp³-hybridized carbons (Fsp3) is 0.240. The van der Waals surface area contributed by atoms with Gasteiger partial charge in [-0.1, -0.05) is 18.2 Å². The van der Waals surface area contributed by atoms with Crippen LogP contribution < -0.4 is 9.62 Å². The zero-order valence-corrected chi connectivity index (χ0v) is 20.3. The Morgan fingerprint density at radius 2 is 1.63 bits per heavy atom. The Balaban J connectivity index is 1.40. The van der Waals surface area contributed by atoms with E-state index >= 15 is 0 Å². The van der Waals surface area contributed by atoms with Gasteiger partial charge < -0.3 is 9.80 Å². The van der Waals surface area contributed by atoms with Gasteiger partial charge in [-0.2, -0.15) is 0 Å². The molecule has 1 heterocycles. The molecule has 3 aromatic carbocycles. The number of anilines is 2. The summed E-state index contributed by atoms with van der Waals surface area (Å²) in [6, 6.07) is 18.2. The lowest BCUT2D eigenvalue weighted by atomic mass is 10.1. The number of hydrogen-bond donors (Lipinski definition) is 1. The Kier molecular flexibility index (Phi) is 6.74. The molecule has 35 heavy (non-hydrogen) atoms. The fourth-order valence-electron chi connectivity index (χ4n) is 4.02. The number of amides is 1. The predicted molar refractivity (Wildman–Crippen MR) is 134 cm³/mol. The molecular weight excluding hydrogens is 468 g/mol. The number of hydrogen-bond acceptors (Lipinski definition) is 6. The molecule has 0 aliphatic carbocycles. The number of carbonyl (C=O) groups excluding carboxylic acids is 1. The molecule has 0 bridgehead atoms. The van der Waals surface area contributed by atoms with Crippen molar-refractivity contribution in [2.75, 3.05) is 35.8 Å². The van der Waals surface area contributed by atoms with Gasteiger partial charge in [0, 0.05) is 54.7 Å². The van der Waals surface area contributed by atoms with E-state index in [-0.39, 0.29) is 22.2 Å². The summed E-state index contributed by atoms with van der Waals surface area (Å²) in [5.74, 6) is -0.113. The van der Waals surface area contributed by atoms with Crippen molar-refractivity contribution in [1.82, 2.24) is 4.90 Å². The minimum atomic E-state index is -4.03. The van der Waals surface area contributed by atoms with Gasteiger partial charge in [-0.3, -0.25) is 19.6 Å². The number of sulfonamides is 1. The number of aryl methyl sites for hydroxylation is 2. The van der Waals surface area contributed by atoms with E-state index in [1.165, 1.54) is 29.8 Å². The quantitative estimate of drug-likeness (QED) is 0.410. The predicted octanol–water partition coefficient (Wildman–Crippen LogP) is 3.97. The van der Waals surface area contributed by atoms with E-state index in [4.69, 9.17) is 0 Å². The summed E-state index contributed by atoms with van der Waals surface area (Å²) in [4.78, 5) is 27.3. The highest BCUT2D eigenvalue weighted by molar-refractivity contribution is 7.92. The van der Waals surface area contributed by atoms with E-state index < -0.39 is 14.9 Å². The maximum Gasteiger partial charge on any atom is 0.273 e. The highest BCUT2D eigenvalue weighted by Crippen LogP contribution is 2.24. The van der Waals surface area contributed by atoms with Crippen LogP contribution in [0.5, 0.6) is 0 Å². The first-order valence-electron chi connectivity index (χ1n) is 11.1. The molecule has 1 aliphatic heterocycles. The van der Waals surface area contributed by atoms with Crippen LogP contribution in [0, 0.1) is 24.0 Å². The topological polar surface area (TPSA) is 113 Å². The summed E-state index contributed by atoms with van der Waals surface area (Å²) >= 11 is 0. The summed E-state index contributed by atoms with van der Waals surface area (Å²) in [6.07, 6.45) is 0. The number of carbonyl (C=O) groups is 1. The van der Waals surface area contributed by atoms with Gasteiger partial charge in [0.15, 0.2) is 0 Å². The molecule has 3 aromatic rings. The highest BCUT2D eigenvalue weighted by Gasteiger charge is 2.23. The number of nitrogens with one attached hydrogen (secondary N) is 1. The Morgan fingerprint density at radius 1 is 0.943 bits per heavy atom. The lowest BCUT2D eigenvalue weighted by Gasteiger charge is -2.36. The van der Waals surface area contributed by atoms with Crippen LogP contribution >= 0.6 is 0 Å². The van der Waals surface area contributed by atoms with Crippen LogP contribution in [0.4, 0.5) is 17.1 Å². The van der Waals surface area contributed by atoms with E-state index in [0.717, 1.165) is 24.8 Å². The van der Waals surface area contributed by atoms with E-state index in [0.29, 0.717) is 24.2 Å². The van der Waals surface area contributed by atoms with E-state index in [9.17, 15) is 23.3 Å². The molecular formula is C25H26N4O5S. The lowest BCUT2D eigenvalue weighted by Crippen LogP contribution is -2.48. The minimum absolute atomic E-state index is 0.113. The molecule has 1 amide bonds. The molecule has 0 unspecified atom stereocenters. The van der Waals surface area contributed by atoms with Crippen LogP contribution in [0.3, 0.4) is 0 Å². The summed E-state index contributed by atoms with van der Waals surface area (Å²) in [7, 11) is -4.03. The number of piperazine rings is 1. The molecule has 1 saturated heterocycles. The first-order valence-corrected chi connectivity index (χ1v) is 12.6. The molecule has 0 spiro atoms. The highest BCUT2D eigenvalue weighted by atomic mass is 32.2. The smallest absolute Gasteiger partial charge is 0.273 e. The van der Waals surface area contributed by atoms with Crippen molar-refractivity contribution in [2.24, 2.45) is 0 Å². The van der Waals surface area contributed by atoms with Crippen molar-refractivity contribution in [1.29, 1.82) is 0 Å². The van der Waals surface area contributed by atoms with Gasteiger partial charge in [0.2, 0.25) is 0 Å². The summed E-state index contributed by atoms with van der Waals surface area (Å²) in [5, 5.41) is 11.1. The van der Waals surface area contributed by atoms with Crippen molar-refractivity contribution in [3.63, 3.8) is 0 Å². The zero-order valence-electron chi connectivity index (χ0n) is 19.5. The number of benzene rings is 3. The third-order valence-electron chi connectivity index (χ3n) is 6.01. The number of nitrogens with zero attached hydrogens (tertiary/aromatic N) is 3. The molecule has 1 fully saturated rings. The molecule has 1 N–H and O–H groups in total. The lowest BCUT2D eigenvalue weighted by molar-refractivity contribution is -0.385. The third kappa shape index (κ3) is 5.43. The standard InChI is InChI=1S/C25H26N4O5S/c1-18-4-3-5-22(16-18)27-12-14-28(15-13-27)25(30)20-7-9-21(10-8-20)26-35(33,34)23-11-6-19(2)24(17-23)29(31)32/h3-11,16-17,26H,12-15H2,1-2H3. The van der Waals surface area contributed by atoms with Crippen molar-refractivity contribution in [3.8, 4) is 0 Å². The molecule has 1 aliphatic rings. The van der Waals surface area contributed by atoms with E-state index in [2.05, 4.69) is 34.7 Å². The summed E-state index contributed by atoms with van der Waals surface area (Å²) in [5.41, 5.74) is 3.16. The van der Waals surface area contributed by atoms with Crippen molar-refractivity contribution >= 4 is 33.0 Å². The van der Waals surface area contributed by atoms with E-state index in [1.54, 1.807) is 24.0 Å². The molecule has 182 valence electrons. The molecule has 9 nitrogen and oxygen atoms in total. The minimum Gasteiger partial charge on any atom is -0.368 e. The Hall–Kier alpha value is -3.92. The number of nitro groups is 1. The van der Waals surface area contributed by atoms with Gasteiger partial charge >= 0.3 is 0 Å². The van der Waals surface area contributed by atoms with Crippen molar-refractivity contribution in [2.45, 2.75) is 18.7 Å². The van der Waals surface area contributed by atoms with Crippen LogP contribution in [-0.2, 0) is 10.0 Å². The fourth-order valence-corrected chi connectivity index (χ4v) is 5.10. The zero-order chi connectivity index (χ0) is 25.2. The van der Waals surface area contributed by atoms with Gasteiger partial charge in [-0.15, -0.1) is 0 Å². The SMILES string of the molecule is Cc1cccc(N2CCN(C(=O)c3ccc(NS(=O)(=O)c4ccc(C)c([N+](=O)[O-])c4)cc3)CC2)c1. The molecule has 0 saturated carbocycles. The molecule has 0 aromatic heterocycles. The van der Waals surface area contributed by atoms with Crippen molar-refractivity contribution < 1.29 is 18.1 Å².